The Morgan fingerprint density at radius 1 is 1.26 bits per heavy atom. The van der Waals surface area contributed by atoms with E-state index in [2.05, 4.69) is 20.6 Å². The number of hydrogen-bond donors (Lipinski definition) is 2. The summed E-state index contributed by atoms with van der Waals surface area (Å²) in [5.74, 6) is -0.994. The highest BCUT2D eigenvalue weighted by Gasteiger charge is 2.14. The van der Waals surface area contributed by atoms with E-state index >= 15 is 0 Å². The molecular weight excluding hydrogens is 302 g/mol. The fraction of sp³-hybridized carbons (Fsp3) is 0.312. The molecule has 0 aliphatic carbocycles. The summed E-state index contributed by atoms with van der Waals surface area (Å²) in [6, 6.07) is 4.51. The molecule has 7 heteroatoms. The molecule has 0 fully saturated rings. The molecule has 1 aromatic carbocycles. The van der Waals surface area contributed by atoms with Gasteiger partial charge in [0.05, 0.1) is 6.04 Å². The van der Waals surface area contributed by atoms with Gasteiger partial charge in [-0.3, -0.25) is 4.79 Å². The van der Waals surface area contributed by atoms with Gasteiger partial charge in [0, 0.05) is 37.0 Å². The second-order valence-corrected chi connectivity index (χ2v) is 5.06. The van der Waals surface area contributed by atoms with E-state index in [1.54, 1.807) is 25.4 Å². The van der Waals surface area contributed by atoms with Crippen LogP contribution in [0.1, 0.15) is 31.4 Å². The van der Waals surface area contributed by atoms with Crippen LogP contribution in [0, 0.1) is 11.6 Å². The Kier molecular flexibility index (Phi) is 5.96. The van der Waals surface area contributed by atoms with Crippen LogP contribution >= 0.6 is 0 Å². The van der Waals surface area contributed by atoms with Crippen molar-refractivity contribution in [2.45, 2.75) is 25.8 Å². The van der Waals surface area contributed by atoms with Crippen molar-refractivity contribution in [1.29, 1.82) is 0 Å². The number of hydrogen-bond acceptors (Lipinski definition) is 4. The van der Waals surface area contributed by atoms with Crippen molar-refractivity contribution in [2.75, 3.05) is 11.9 Å². The quantitative estimate of drug-likeness (QED) is 0.770. The normalized spacial score (nSPS) is 11.8. The summed E-state index contributed by atoms with van der Waals surface area (Å²) in [5, 5.41) is 5.69. The SMILES string of the molecule is CC(NC(=O)CCCNc1ncccn1)c1ccc(F)cc1F. The van der Waals surface area contributed by atoms with E-state index in [1.807, 2.05) is 0 Å². The molecule has 1 aromatic heterocycles. The first-order chi connectivity index (χ1) is 11.1. The first-order valence-electron chi connectivity index (χ1n) is 7.31. The average molecular weight is 320 g/mol. The number of aromatic nitrogens is 2. The van der Waals surface area contributed by atoms with Crippen LogP contribution in [0.4, 0.5) is 14.7 Å². The summed E-state index contributed by atoms with van der Waals surface area (Å²) in [6.07, 6.45) is 4.12. The number of carbonyl (C=O) groups excluding carboxylic acids is 1. The molecule has 0 spiro atoms. The second-order valence-electron chi connectivity index (χ2n) is 5.06. The third kappa shape index (κ3) is 5.28. The summed E-state index contributed by atoms with van der Waals surface area (Å²) in [5.41, 5.74) is 0.260. The van der Waals surface area contributed by atoms with Gasteiger partial charge in [0.1, 0.15) is 11.6 Å². The van der Waals surface area contributed by atoms with E-state index in [9.17, 15) is 13.6 Å². The topological polar surface area (TPSA) is 66.9 Å². The molecule has 1 heterocycles. The highest BCUT2D eigenvalue weighted by atomic mass is 19.1. The minimum absolute atomic E-state index is 0.197. The van der Waals surface area contributed by atoms with E-state index < -0.39 is 17.7 Å². The minimum atomic E-state index is -0.666. The van der Waals surface area contributed by atoms with Gasteiger partial charge in [-0.1, -0.05) is 6.07 Å². The largest absolute Gasteiger partial charge is 0.354 e. The molecule has 0 saturated carbocycles. The number of carbonyl (C=O) groups is 1. The highest BCUT2D eigenvalue weighted by Crippen LogP contribution is 2.17. The van der Waals surface area contributed by atoms with Gasteiger partial charge in [-0.2, -0.15) is 0 Å². The van der Waals surface area contributed by atoms with Crippen LogP contribution in [0.5, 0.6) is 0 Å². The average Bonchev–Trinajstić information content (AvgIpc) is 2.52. The third-order valence-electron chi connectivity index (χ3n) is 3.24. The van der Waals surface area contributed by atoms with Gasteiger partial charge < -0.3 is 10.6 Å². The molecule has 0 aliphatic heterocycles. The highest BCUT2D eigenvalue weighted by molar-refractivity contribution is 5.76. The molecule has 5 nitrogen and oxygen atoms in total. The van der Waals surface area contributed by atoms with Crippen molar-refractivity contribution in [1.82, 2.24) is 15.3 Å². The zero-order valence-corrected chi connectivity index (χ0v) is 12.7. The van der Waals surface area contributed by atoms with Crippen LogP contribution in [0.3, 0.4) is 0 Å². The summed E-state index contributed by atoms with van der Waals surface area (Å²) >= 11 is 0. The first kappa shape index (κ1) is 16.8. The number of amides is 1. The van der Waals surface area contributed by atoms with Gasteiger partial charge in [-0.25, -0.2) is 18.7 Å². The number of nitrogens with one attached hydrogen (secondary N) is 2. The molecule has 2 rings (SSSR count). The third-order valence-corrected chi connectivity index (χ3v) is 3.24. The minimum Gasteiger partial charge on any atom is -0.354 e. The van der Waals surface area contributed by atoms with Crippen molar-refractivity contribution < 1.29 is 13.6 Å². The van der Waals surface area contributed by atoms with Gasteiger partial charge in [0.25, 0.3) is 0 Å². The molecule has 0 radical (unpaired) electrons. The van der Waals surface area contributed by atoms with Crippen LogP contribution < -0.4 is 10.6 Å². The number of anilines is 1. The Morgan fingerprint density at radius 3 is 2.70 bits per heavy atom. The molecule has 23 heavy (non-hydrogen) atoms. The maximum Gasteiger partial charge on any atom is 0.222 e. The van der Waals surface area contributed by atoms with Crippen LogP contribution in [0.2, 0.25) is 0 Å². The molecule has 122 valence electrons. The number of halogens is 2. The van der Waals surface area contributed by atoms with Gasteiger partial charge in [0.15, 0.2) is 0 Å². The van der Waals surface area contributed by atoms with Crippen molar-refractivity contribution in [3.05, 3.63) is 53.9 Å². The molecule has 0 aliphatic rings. The van der Waals surface area contributed by atoms with Crippen molar-refractivity contribution in [3.8, 4) is 0 Å². The molecule has 1 unspecified atom stereocenters. The summed E-state index contributed by atoms with van der Waals surface area (Å²) in [6.45, 7) is 2.21. The zero-order chi connectivity index (χ0) is 16.7. The Balaban J connectivity index is 1.74. The fourth-order valence-electron chi connectivity index (χ4n) is 2.08. The Morgan fingerprint density at radius 2 is 2.00 bits per heavy atom. The molecular formula is C16H18F2N4O. The lowest BCUT2D eigenvalue weighted by molar-refractivity contribution is -0.121. The molecule has 1 atom stereocenters. The maximum atomic E-state index is 13.6. The van der Waals surface area contributed by atoms with Crippen molar-refractivity contribution >= 4 is 11.9 Å². The lowest BCUT2D eigenvalue weighted by atomic mass is 10.1. The number of benzene rings is 1. The van der Waals surface area contributed by atoms with Crippen molar-refractivity contribution in [2.24, 2.45) is 0 Å². The predicted octanol–water partition coefficient (Wildman–Crippen LogP) is 2.82. The first-order valence-corrected chi connectivity index (χ1v) is 7.31. The van der Waals surface area contributed by atoms with Gasteiger partial charge >= 0.3 is 0 Å². The molecule has 0 saturated heterocycles. The summed E-state index contributed by atoms with van der Waals surface area (Å²) < 4.78 is 26.5. The molecule has 0 bridgehead atoms. The summed E-state index contributed by atoms with van der Waals surface area (Å²) in [7, 11) is 0. The smallest absolute Gasteiger partial charge is 0.222 e. The van der Waals surface area contributed by atoms with Gasteiger partial charge in [-0.15, -0.1) is 0 Å². The Bertz CT molecular complexity index is 652. The van der Waals surface area contributed by atoms with E-state index in [4.69, 9.17) is 0 Å². The monoisotopic (exact) mass is 320 g/mol. The second kappa shape index (κ2) is 8.17. The van der Waals surface area contributed by atoms with E-state index in [0.717, 1.165) is 6.07 Å². The van der Waals surface area contributed by atoms with Gasteiger partial charge in [0.2, 0.25) is 11.9 Å². The van der Waals surface area contributed by atoms with Crippen LogP contribution in [0.25, 0.3) is 0 Å². The lowest BCUT2D eigenvalue weighted by Gasteiger charge is -2.15. The molecule has 1 amide bonds. The molecule has 2 aromatic rings. The zero-order valence-electron chi connectivity index (χ0n) is 12.7. The maximum absolute atomic E-state index is 13.6. The van der Waals surface area contributed by atoms with Gasteiger partial charge in [-0.05, 0) is 25.5 Å². The Hall–Kier alpha value is -2.57. The predicted molar refractivity (Wildman–Crippen MR) is 82.7 cm³/mol. The van der Waals surface area contributed by atoms with E-state index in [1.165, 1.54) is 12.1 Å². The van der Waals surface area contributed by atoms with Crippen LogP contribution in [0.15, 0.2) is 36.7 Å². The van der Waals surface area contributed by atoms with Crippen LogP contribution in [-0.2, 0) is 4.79 Å². The van der Waals surface area contributed by atoms with E-state index in [-0.39, 0.29) is 17.9 Å². The van der Waals surface area contributed by atoms with Crippen LogP contribution in [-0.4, -0.2) is 22.4 Å². The molecule has 2 N–H and O–H groups in total. The van der Waals surface area contributed by atoms with E-state index in [0.29, 0.717) is 18.9 Å². The lowest BCUT2D eigenvalue weighted by Crippen LogP contribution is -2.27. The van der Waals surface area contributed by atoms with Crippen molar-refractivity contribution in [3.63, 3.8) is 0 Å². The Labute approximate surface area is 133 Å². The number of rotatable bonds is 7. The number of nitrogens with zero attached hydrogens (tertiary/aromatic N) is 2. The standard InChI is InChI=1S/C16H18F2N4O/c1-11(13-6-5-12(17)10-14(13)18)22-15(23)4-2-7-19-16-20-8-3-9-21-16/h3,5-6,8-11H,2,4,7H2,1H3,(H,22,23)(H,19,20,21). The summed E-state index contributed by atoms with van der Waals surface area (Å²) in [4.78, 5) is 19.9. The fourth-order valence-corrected chi connectivity index (χ4v) is 2.08.